The van der Waals surface area contributed by atoms with E-state index in [-0.39, 0.29) is 11.6 Å². The highest BCUT2D eigenvalue weighted by Gasteiger charge is 2.34. The fourth-order valence-corrected chi connectivity index (χ4v) is 4.10. The number of alkyl halides is 3. The number of rotatable bonds is 3. The molecule has 1 unspecified atom stereocenters. The van der Waals surface area contributed by atoms with Crippen molar-refractivity contribution in [2.45, 2.75) is 45.5 Å². The Labute approximate surface area is 192 Å². The highest BCUT2D eigenvalue weighted by molar-refractivity contribution is 5.67. The molecule has 4 rings (SSSR count). The number of nitrogens with zero attached hydrogens (tertiary/aromatic N) is 3. The van der Waals surface area contributed by atoms with E-state index in [9.17, 15) is 13.2 Å². The molecule has 170 valence electrons. The Morgan fingerprint density at radius 2 is 1.55 bits per heavy atom. The smallest absolute Gasteiger partial charge is 0.353 e. The molecule has 2 aromatic carbocycles. The normalized spacial score (nSPS) is 16.6. The number of hydrogen-bond acceptors (Lipinski definition) is 3. The number of aryl methyl sites for hydroxylation is 1. The number of halogens is 3. The zero-order valence-corrected chi connectivity index (χ0v) is 19.1. The van der Waals surface area contributed by atoms with E-state index >= 15 is 0 Å². The van der Waals surface area contributed by atoms with Crippen molar-refractivity contribution in [1.29, 1.82) is 0 Å². The van der Waals surface area contributed by atoms with Crippen LogP contribution in [0.25, 0.3) is 17.0 Å². The molecular weight excluding hydrogens is 423 g/mol. The Hall–Kier alpha value is -3.41. The van der Waals surface area contributed by atoms with Gasteiger partial charge in [-0.3, -0.25) is 0 Å². The van der Waals surface area contributed by atoms with Gasteiger partial charge in [-0.2, -0.15) is 13.2 Å². The second-order valence-electron chi connectivity index (χ2n) is 9.13. The van der Waals surface area contributed by atoms with E-state index in [1.54, 1.807) is 6.07 Å². The first-order valence-electron chi connectivity index (χ1n) is 10.8. The first-order valence-corrected chi connectivity index (χ1v) is 10.8. The molecule has 1 aliphatic rings. The van der Waals surface area contributed by atoms with Crippen LogP contribution in [0, 0.1) is 6.92 Å². The summed E-state index contributed by atoms with van der Waals surface area (Å²) in [4.78, 5) is 11.8. The average molecular weight is 450 g/mol. The molecule has 0 radical (unpaired) electrons. The monoisotopic (exact) mass is 449 g/mol. The Balaban J connectivity index is 1.77. The predicted octanol–water partition coefficient (Wildman–Crippen LogP) is 7.22. The summed E-state index contributed by atoms with van der Waals surface area (Å²) in [5.41, 5.74) is 3.06. The van der Waals surface area contributed by atoms with E-state index < -0.39 is 11.7 Å². The number of allylic oxidation sites excluding steroid dienone is 2. The molecule has 0 amide bonds. The average Bonchev–Trinajstić information content (AvgIpc) is 2.77. The van der Waals surface area contributed by atoms with Gasteiger partial charge in [0.1, 0.15) is 0 Å². The quantitative estimate of drug-likeness (QED) is 0.423. The molecule has 3 aromatic rings. The Morgan fingerprint density at radius 3 is 2.15 bits per heavy atom. The maximum absolute atomic E-state index is 13.0. The lowest BCUT2D eigenvalue weighted by Gasteiger charge is -2.45. The Kier molecular flexibility index (Phi) is 5.87. The van der Waals surface area contributed by atoms with Gasteiger partial charge in [0.25, 0.3) is 0 Å². The Bertz CT molecular complexity index is 1190. The molecule has 0 aliphatic carbocycles. The minimum Gasteiger partial charge on any atom is -0.353 e. The van der Waals surface area contributed by atoms with Crippen LogP contribution in [0.5, 0.6) is 0 Å². The molecule has 2 heterocycles. The zero-order chi connectivity index (χ0) is 23.8. The molecule has 33 heavy (non-hydrogen) atoms. The van der Waals surface area contributed by atoms with Crippen LogP contribution in [-0.4, -0.2) is 20.4 Å². The largest absolute Gasteiger partial charge is 0.416 e. The van der Waals surface area contributed by atoms with Crippen LogP contribution in [-0.2, 0) is 6.18 Å². The van der Waals surface area contributed by atoms with Crippen LogP contribution in [0.3, 0.4) is 0 Å². The molecule has 0 spiro atoms. The first-order chi connectivity index (χ1) is 15.5. The summed E-state index contributed by atoms with van der Waals surface area (Å²) in [6.07, 6.45) is 1.79. The second-order valence-corrected chi connectivity index (χ2v) is 9.13. The van der Waals surface area contributed by atoms with Gasteiger partial charge >= 0.3 is 6.18 Å². The lowest BCUT2D eigenvalue weighted by molar-refractivity contribution is -0.137. The van der Waals surface area contributed by atoms with E-state index in [2.05, 4.69) is 43.9 Å². The second kappa shape index (κ2) is 8.50. The summed E-state index contributed by atoms with van der Waals surface area (Å²) in [6, 6.07) is 17.1. The van der Waals surface area contributed by atoms with Crippen LogP contribution in [0.2, 0.25) is 0 Å². The zero-order valence-electron chi connectivity index (χ0n) is 19.1. The van der Waals surface area contributed by atoms with Crippen LogP contribution in [0.1, 0.15) is 49.5 Å². The molecule has 0 N–H and O–H groups in total. The minimum absolute atomic E-state index is 0.00447. The molecule has 6 heteroatoms. The van der Waals surface area contributed by atoms with Gasteiger partial charge < -0.3 is 4.90 Å². The molecule has 0 fully saturated rings. The third kappa shape index (κ3) is 4.85. The van der Waals surface area contributed by atoms with Crippen molar-refractivity contribution in [3.8, 4) is 11.3 Å². The van der Waals surface area contributed by atoms with Gasteiger partial charge in [-0.25, -0.2) is 9.97 Å². The van der Waals surface area contributed by atoms with Crippen molar-refractivity contribution >= 4 is 5.70 Å². The lowest BCUT2D eigenvalue weighted by atomic mass is 9.93. The maximum Gasteiger partial charge on any atom is 0.416 e. The van der Waals surface area contributed by atoms with Crippen LogP contribution < -0.4 is 0 Å². The van der Waals surface area contributed by atoms with Gasteiger partial charge in [-0.05, 0) is 57.5 Å². The summed E-state index contributed by atoms with van der Waals surface area (Å²) in [6.45, 7) is 8.29. The molecule has 0 saturated carbocycles. The topological polar surface area (TPSA) is 29.0 Å². The minimum atomic E-state index is -4.37. The molecule has 1 aliphatic heterocycles. The molecule has 0 saturated heterocycles. The van der Waals surface area contributed by atoms with Crippen molar-refractivity contribution in [2.24, 2.45) is 0 Å². The number of aromatic nitrogens is 2. The fourth-order valence-electron chi connectivity index (χ4n) is 4.10. The van der Waals surface area contributed by atoms with Crippen molar-refractivity contribution in [2.75, 3.05) is 0 Å². The van der Waals surface area contributed by atoms with Gasteiger partial charge in [-0.15, -0.1) is 0 Å². The molecule has 1 aromatic heterocycles. The summed E-state index contributed by atoms with van der Waals surface area (Å²) in [7, 11) is 0. The molecule has 1 atom stereocenters. The van der Waals surface area contributed by atoms with Gasteiger partial charge in [0.2, 0.25) is 0 Å². The fraction of sp³-hybridized carbons (Fsp3) is 0.259. The van der Waals surface area contributed by atoms with Crippen LogP contribution >= 0.6 is 0 Å². The summed E-state index contributed by atoms with van der Waals surface area (Å²) in [5.74, 6) is 0.546. The summed E-state index contributed by atoms with van der Waals surface area (Å²) in [5, 5.41) is 0. The van der Waals surface area contributed by atoms with Gasteiger partial charge in [0.15, 0.2) is 5.82 Å². The third-order valence-corrected chi connectivity index (χ3v) is 5.54. The van der Waals surface area contributed by atoms with Crippen molar-refractivity contribution in [3.63, 3.8) is 0 Å². The van der Waals surface area contributed by atoms with Gasteiger partial charge in [0, 0.05) is 16.8 Å². The van der Waals surface area contributed by atoms with Crippen LogP contribution in [0.4, 0.5) is 13.2 Å². The van der Waals surface area contributed by atoms with Crippen molar-refractivity contribution < 1.29 is 13.2 Å². The first kappa shape index (κ1) is 22.8. The predicted molar refractivity (Wildman–Crippen MR) is 125 cm³/mol. The number of hydrogen-bond donors (Lipinski definition) is 0. The number of benzene rings is 2. The van der Waals surface area contributed by atoms with E-state index in [1.807, 2.05) is 37.3 Å². The van der Waals surface area contributed by atoms with E-state index in [0.717, 1.165) is 29.1 Å². The maximum atomic E-state index is 13.0. The highest BCUT2D eigenvalue weighted by Crippen LogP contribution is 2.39. The van der Waals surface area contributed by atoms with Crippen molar-refractivity contribution in [3.05, 3.63) is 102 Å². The standard InChI is InChI=1S/C27H26F3N3/c1-18-17-22(19-13-15-21(16-14-19)27(28,29)30)32-25(31-18)24-12-8-11-23(33(24)26(2,3)4)20-9-6-5-7-10-20/h5-17,23H,1-4H3. The molecular formula is C27H26F3N3. The van der Waals surface area contributed by atoms with Crippen molar-refractivity contribution in [1.82, 2.24) is 14.9 Å². The third-order valence-electron chi connectivity index (χ3n) is 5.54. The SMILES string of the molecule is Cc1cc(-c2ccc(C(F)(F)F)cc2)nc(C2=CC=CC(c3ccccc3)N2C(C)(C)C)n1. The van der Waals surface area contributed by atoms with E-state index in [4.69, 9.17) is 9.97 Å². The van der Waals surface area contributed by atoms with Crippen LogP contribution in [0.15, 0.2) is 78.9 Å². The molecule has 0 bridgehead atoms. The summed E-state index contributed by atoms with van der Waals surface area (Å²) < 4.78 is 38.9. The molecule has 3 nitrogen and oxygen atoms in total. The van der Waals surface area contributed by atoms with Gasteiger partial charge in [-0.1, -0.05) is 54.6 Å². The van der Waals surface area contributed by atoms with E-state index in [0.29, 0.717) is 17.1 Å². The summed E-state index contributed by atoms with van der Waals surface area (Å²) >= 11 is 0. The van der Waals surface area contributed by atoms with E-state index in [1.165, 1.54) is 12.1 Å². The lowest BCUT2D eigenvalue weighted by Crippen LogP contribution is -2.43. The van der Waals surface area contributed by atoms with Gasteiger partial charge in [0.05, 0.1) is 23.0 Å². The highest BCUT2D eigenvalue weighted by atomic mass is 19.4. The Morgan fingerprint density at radius 1 is 0.879 bits per heavy atom.